The number of benzene rings is 1. The molecule has 0 atom stereocenters. The van der Waals surface area contributed by atoms with Gasteiger partial charge in [-0.15, -0.1) is 0 Å². The van der Waals surface area contributed by atoms with E-state index in [0.29, 0.717) is 0 Å². The van der Waals surface area contributed by atoms with E-state index in [1.165, 1.54) is 0 Å². The lowest BCUT2D eigenvalue weighted by Gasteiger charge is -2.06. The molecular formula is C8H6F4O. The maximum atomic E-state index is 12.0. The smallest absolute Gasteiger partial charge is 0.416 e. The lowest BCUT2D eigenvalue weighted by Crippen LogP contribution is -2.04. The van der Waals surface area contributed by atoms with E-state index in [0.717, 1.165) is 24.3 Å². The molecular weight excluding hydrogens is 188 g/mol. The van der Waals surface area contributed by atoms with E-state index in [-0.39, 0.29) is 5.75 Å². The summed E-state index contributed by atoms with van der Waals surface area (Å²) in [5, 5.41) is 0. The third-order valence-electron chi connectivity index (χ3n) is 1.40. The fourth-order valence-corrected chi connectivity index (χ4v) is 0.803. The number of ether oxygens (including phenoxy) is 1. The number of rotatable bonds is 2. The largest absolute Gasteiger partial charge is 0.463 e. The third-order valence-corrected chi connectivity index (χ3v) is 1.40. The van der Waals surface area contributed by atoms with Crippen molar-refractivity contribution in [3.8, 4) is 5.75 Å². The molecule has 0 aliphatic carbocycles. The highest BCUT2D eigenvalue weighted by atomic mass is 19.4. The maximum Gasteiger partial charge on any atom is 0.416 e. The average molecular weight is 194 g/mol. The van der Waals surface area contributed by atoms with Gasteiger partial charge in [-0.3, -0.25) is 0 Å². The summed E-state index contributed by atoms with van der Waals surface area (Å²) in [7, 11) is 0. The van der Waals surface area contributed by atoms with Gasteiger partial charge in [0, 0.05) is 0 Å². The average Bonchev–Trinajstić information content (AvgIpc) is 2.04. The highest BCUT2D eigenvalue weighted by molar-refractivity contribution is 5.28. The van der Waals surface area contributed by atoms with Gasteiger partial charge in [0.25, 0.3) is 0 Å². The van der Waals surface area contributed by atoms with Crippen molar-refractivity contribution in [3.63, 3.8) is 0 Å². The van der Waals surface area contributed by atoms with E-state index < -0.39 is 18.6 Å². The van der Waals surface area contributed by atoms with Crippen molar-refractivity contribution < 1.29 is 22.3 Å². The summed E-state index contributed by atoms with van der Waals surface area (Å²) in [6.07, 6.45) is -4.37. The van der Waals surface area contributed by atoms with E-state index >= 15 is 0 Å². The monoisotopic (exact) mass is 194 g/mol. The summed E-state index contributed by atoms with van der Waals surface area (Å²) >= 11 is 0. The van der Waals surface area contributed by atoms with E-state index in [1.807, 2.05) is 0 Å². The van der Waals surface area contributed by atoms with Crippen LogP contribution in [0.2, 0.25) is 0 Å². The minimum absolute atomic E-state index is 0.0792. The molecule has 0 saturated heterocycles. The van der Waals surface area contributed by atoms with Crippen LogP contribution in [0.3, 0.4) is 0 Å². The van der Waals surface area contributed by atoms with Crippen LogP contribution in [0.4, 0.5) is 17.6 Å². The van der Waals surface area contributed by atoms with Crippen molar-refractivity contribution >= 4 is 0 Å². The Labute approximate surface area is 71.9 Å². The van der Waals surface area contributed by atoms with Gasteiger partial charge in [0.15, 0.2) is 0 Å². The van der Waals surface area contributed by atoms with Crippen molar-refractivity contribution in [1.29, 1.82) is 0 Å². The van der Waals surface area contributed by atoms with Crippen molar-refractivity contribution in [2.45, 2.75) is 6.18 Å². The Hall–Kier alpha value is -1.26. The van der Waals surface area contributed by atoms with Gasteiger partial charge in [-0.1, -0.05) is 0 Å². The molecule has 1 aromatic rings. The minimum atomic E-state index is -4.37. The quantitative estimate of drug-likeness (QED) is 0.657. The van der Waals surface area contributed by atoms with Crippen LogP contribution in [-0.4, -0.2) is 6.86 Å². The van der Waals surface area contributed by atoms with Gasteiger partial charge in [-0.2, -0.15) is 13.2 Å². The molecule has 0 aliphatic rings. The molecule has 0 fully saturated rings. The normalized spacial score (nSPS) is 11.4. The predicted octanol–water partition coefficient (Wildman–Crippen LogP) is 3.01. The summed E-state index contributed by atoms with van der Waals surface area (Å²) in [5.41, 5.74) is -0.779. The topological polar surface area (TPSA) is 9.23 Å². The van der Waals surface area contributed by atoms with Crippen LogP contribution in [0.5, 0.6) is 5.75 Å². The second-order valence-corrected chi connectivity index (χ2v) is 2.28. The molecule has 0 saturated carbocycles. The lowest BCUT2D eigenvalue weighted by atomic mass is 10.2. The van der Waals surface area contributed by atoms with Crippen LogP contribution in [-0.2, 0) is 6.18 Å². The van der Waals surface area contributed by atoms with E-state index in [9.17, 15) is 17.6 Å². The molecule has 0 spiro atoms. The molecule has 13 heavy (non-hydrogen) atoms. The molecule has 0 bridgehead atoms. The highest BCUT2D eigenvalue weighted by Gasteiger charge is 2.29. The SMILES string of the molecule is FCOc1ccc(C(F)(F)F)cc1. The molecule has 0 aliphatic heterocycles. The van der Waals surface area contributed by atoms with Gasteiger partial charge in [-0.25, -0.2) is 4.39 Å². The van der Waals surface area contributed by atoms with E-state index in [1.54, 1.807) is 0 Å². The van der Waals surface area contributed by atoms with Crippen LogP contribution in [0, 0.1) is 0 Å². The number of alkyl halides is 4. The zero-order valence-electron chi connectivity index (χ0n) is 6.44. The lowest BCUT2D eigenvalue weighted by molar-refractivity contribution is -0.137. The van der Waals surface area contributed by atoms with E-state index in [4.69, 9.17) is 0 Å². The second-order valence-electron chi connectivity index (χ2n) is 2.28. The molecule has 0 amide bonds. The Morgan fingerprint density at radius 3 is 2.00 bits per heavy atom. The Morgan fingerprint density at radius 1 is 1.08 bits per heavy atom. The second kappa shape index (κ2) is 3.64. The first kappa shape index (κ1) is 9.83. The van der Waals surface area contributed by atoms with Crippen LogP contribution < -0.4 is 4.74 Å². The van der Waals surface area contributed by atoms with Crippen molar-refractivity contribution in [3.05, 3.63) is 29.8 Å². The first-order valence-electron chi connectivity index (χ1n) is 3.40. The first-order valence-corrected chi connectivity index (χ1v) is 3.40. The number of hydrogen-bond donors (Lipinski definition) is 0. The van der Waals surface area contributed by atoms with Crippen molar-refractivity contribution in [2.75, 3.05) is 6.86 Å². The predicted molar refractivity (Wildman–Crippen MR) is 38.0 cm³/mol. The molecule has 0 aromatic heterocycles. The van der Waals surface area contributed by atoms with Crippen LogP contribution in [0.25, 0.3) is 0 Å². The Bertz CT molecular complexity index is 264. The molecule has 1 nitrogen and oxygen atoms in total. The minimum Gasteiger partial charge on any atom is -0.463 e. The molecule has 1 rings (SSSR count). The summed E-state index contributed by atoms with van der Waals surface area (Å²) in [6.45, 7) is -1.05. The van der Waals surface area contributed by atoms with Gasteiger partial charge in [0.05, 0.1) is 5.56 Å². The van der Waals surface area contributed by atoms with Crippen molar-refractivity contribution in [1.82, 2.24) is 0 Å². The highest BCUT2D eigenvalue weighted by Crippen LogP contribution is 2.30. The van der Waals surface area contributed by atoms with Crippen LogP contribution >= 0.6 is 0 Å². The molecule has 0 radical (unpaired) electrons. The summed E-state index contributed by atoms with van der Waals surface area (Å²) in [4.78, 5) is 0. The molecule has 0 unspecified atom stereocenters. The summed E-state index contributed by atoms with van der Waals surface area (Å²) in [6, 6.07) is 3.82. The van der Waals surface area contributed by atoms with Gasteiger partial charge in [0.1, 0.15) is 5.75 Å². The fourth-order valence-electron chi connectivity index (χ4n) is 0.803. The van der Waals surface area contributed by atoms with Gasteiger partial charge >= 0.3 is 6.18 Å². The molecule has 0 N–H and O–H groups in total. The maximum absolute atomic E-state index is 12.0. The Balaban J connectivity index is 2.81. The Morgan fingerprint density at radius 2 is 1.62 bits per heavy atom. The molecule has 1 aromatic carbocycles. The molecule has 5 heteroatoms. The summed E-state index contributed by atoms with van der Waals surface area (Å²) < 4.78 is 51.9. The third kappa shape index (κ3) is 2.61. The van der Waals surface area contributed by atoms with Gasteiger partial charge in [-0.05, 0) is 24.3 Å². The Kier molecular flexibility index (Phi) is 2.75. The zero-order valence-corrected chi connectivity index (χ0v) is 6.44. The van der Waals surface area contributed by atoms with Gasteiger partial charge < -0.3 is 4.74 Å². The molecule has 72 valence electrons. The first-order chi connectivity index (χ1) is 6.04. The number of hydrogen-bond acceptors (Lipinski definition) is 1. The van der Waals surface area contributed by atoms with Gasteiger partial charge in [0.2, 0.25) is 6.86 Å². The standard InChI is InChI=1S/C8H6F4O/c9-5-13-7-3-1-6(2-4-7)8(10,11)12/h1-4H,5H2. The zero-order chi connectivity index (χ0) is 9.90. The fraction of sp³-hybridized carbons (Fsp3) is 0.250. The van der Waals surface area contributed by atoms with E-state index in [2.05, 4.69) is 4.74 Å². The van der Waals surface area contributed by atoms with Crippen LogP contribution in [0.15, 0.2) is 24.3 Å². The number of halogens is 4. The summed E-state index contributed by atoms with van der Waals surface area (Å²) in [5.74, 6) is 0.0792. The van der Waals surface area contributed by atoms with Crippen molar-refractivity contribution in [2.24, 2.45) is 0 Å². The van der Waals surface area contributed by atoms with Crippen LogP contribution in [0.1, 0.15) is 5.56 Å². The molecule has 0 heterocycles.